The predicted molar refractivity (Wildman–Crippen MR) is 137 cm³/mol. The largest absolute Gasteiger partial charge is 0.490 e. The Bertz CT molecular complexity index is 1440. The molecule has 3 aliphatic rings. The number of nitrogens with one attached hydrogen (secondary N) is 1. The third kappa shape index (κ3) is 4.54. The van der Waals surface area contributed by atoms with Gasteiger partial charge >= 0.3 is 0 Å². The minimum absolute atomic E-state index is 0.305. The van der Waals surface area contributed by atoms with E-state index < -0.39 is 0 Å². The molecule has 1 N–H and O–H groups in total. The maximum Gasteiger partial charge on any atom is 0.141 e. The summed E-state index contributed by atoms with van der Waals surface area (Å²) < 4.78 is 12.3. The molecule has 7 nitrogen and oxygen atoms in total. The number of allylic oxidation sites excluding steroid dienone is 1. The van der Waals surface area contributed by atoms with Crippen molar-refractivity contribution in [2.24, 2.45) is 4.99 Å². The average molecular weight is 464 g/mol. The molecule has 2 aliphatic heterocycles. The lowest BCUT2D eigenvalue weighted by molar-refractivity contribution is 0.210. The van der Waals surface area contributed by atoms with Crippen molar-refractivity contribution in [2.75, 3.05) is 5.32 Å². The molecule has 0 saturated heterocycles. The molecule has 1 fully saturated rings. The van der Waals surface area contributed by atoms with Crippen molar-refractivity contribution in [2.45, 2.75) is 38.7 Å². The number of fused-ring (bicyclic) bond motifs is 2. The van der Waals surface area contributed by atoms with E-state index in [2.05, 4.69) is 26.0 Å². The lowest BCUT2D eigenvalue weighted by Gasteiger charge is -2.21. The van der Waals surface area contributed by atoms with E-state index in [-0.39, 0.29) is 0 Å². The normalized spacial score (nSPS) is 16.8. The molecule has 7 heteroatoms. The zero-order valence-electron chi connectivity index (χ0n) is 19.4. The number of rotatable bonds is 6. The number of hydrogen-bond acceptors (Lipinski definition) is 7. The highest BCUT2D eigenvalue weighted by atomic mass is 16.5. The monoisotopic (exact) mass is 463 g/mol. The quantitative estimate of drug-likeness (QED) is 0.443. The Morgan fingerprint density at radius 2 is 2.00 bits per heavy atom. The van der Waals surface area contributed by atoms with Crippen LogP contribution in [0.1, 0.15) is 31.2 Å². The van der Waals surface area contributed by atoms with Crippen molar-refractivity contribution >= 4 is 28.2 Å². The van der Waals surface area contributed by atoms with Crippen LogP contribution in [0.15, 0.2) is 90.0 Å². The lowest BCUT2D eigenvalue weighted by atomic mass is 10.1. The van der Waals surface area contributed by atoms with Gasteiger partial charge in [0.1, 0.15) is 35.2 Å². The molecule has 3 heterocycles. The Kier molecular flexibility index (Phi) is 5.53. The molecule has 1 aromatic heterocycles. The first kappa shape index (κ1) is 21.2. The van der Waals surface area contributed by atoms with Crippen LogP contribution in [0, 0.1) is 6.92 Å². The van der Waals surface area contributed by atoms with Crippen LogP contribution in [0.4, 0.5) is 11.5 Å². The summed E-state index contributed by atoms with van der Waals surface area (Å²) in [5, 5.41) is 4.37. The zero-order chi connectivity index (χ0) is 23.6. The van der Waals surface area contributed by atoms with Gasteiger partial charge in [-0.25, -0.2) is 15.0 Å². The predicted octanol–water partition coefficient (Wildman–Crippen LogP) is 6.13. The van der Waals surface area contributed by atoms with Gasteiger partial charge in [0.25, 0.3) is 0 Å². The van der Waals surface area contributed by atoms with Crippen LogP contribution < -0.4 is 14.8 Å². The van der Waals surface area contributed by atoms with Crippen LogP contribution in [-0.2, 0) is 0 Å². The molecule has 0 radical (unpaired) electrons. The van der Waals surface area contributed by atoms with E-state index >= 15 is 0 Å². The fraction of sp³-hybridized carbons (Fsp3) is 0.214. The van der Waals surface area contributed by atoms with Gasteiger partial charge in [-0.15, -0.1) is 0 Å². The van der Waals surface area contributed by atoms with Gasteiger partial charge < -0.3 is 19.7 Å². The number of nitrogens with zero attached hydrogens (tertiary/aromatic N) is 4. The Balaban J connectivity index is 1.21. The van der Waals surface area contributed by atoms with Gasteiger partial charge in [0, 0.05) is 23.3 Å². The second-order valence-corrected chi connectivity index (χ2v) is 8.81. The number of amidine groups is 1. The summed E-state index contributed by atoms with van der Waals surface area (Å²) in [6.45, 7) is 2.02. The van der Waals surface area contributed by atoms with E-state index in [4.69, 9.17) is 9.47 Å². The number of benzene rings is 2. The molecular weight excluding hydrogens is 438 g/mol. The second kappa shape index (κ2) is 9.12. The van der Waals surface area contributed by atoms with E-state index in [1.54, 1.807) is 12.5 Å². The Labute approximate surface area is 203 Å². The summed E-state index contributed by atoms with van der Waals surface area (Å²) >= 11 is 0. The first-order valence-corrected chi connectivity index (χ1v) is 11.9. The zero-order valence-corrected chi connectivity index (χ0v) is 19.4. The van der Waals surface area contributed by atoms with Gasteiger partial charge in [-0.3, -0.25) is 0 Å². The highest BCUT2D eigenvalue weighted by Crippen LogP contribution is 2.31. The van der Waals surface area contributed by atoms with Gasteiger partial charge in [-0.05, 0) is 80.6 Å². The van der Waals surface area contributed by atoms with Crippen molar-refractivity contribution in [1.82, 2.24) is 14.9 Å². The average Bonchev–Trinajstić information content (AvgIpc) is 3.39. The molecule has 0 amide bonds. The van der Waals surface area contributed by atoms with Gasteiger partial charge in [-0.2, -0.15) is 0 Å². The summed E-state index contributed by atoms with van der Waals surface area (Å²) in [5.74, 6) is 3.91. The molecule has 0 bridgehead atoms. The van der Waals surface area contributed by atoms with E-state index in [1.165, 1.54) is 12.8 Å². The van der Waals surface area contributed by atoms with Crippen LogP contribution in [0.5, 0.6) is 11.5 Å². The first-order valence-electron chi connectivity index (χ1n) is 11.9. The highest BCUT2D eigenvalue weighted by molar-refractivity contribution is 5.97. The van der Waals surface area contributed by atoms with Gasteiger partial charge in [0.15, 0.2) is 0 Å². The minimum atomic E-state index is 0.305. The summed E-state index contributed by atoms with van der Waals surface area (Å²) in [7, 11) is 0. The molecule has 0 atom stereocenters. The standard InChI is InChI=1S/C28H25N5O2/c1-19-15-20(7-10-26(19)35-23-11-14-33-13-4-12-29-27(33)17-23)32-28-24-16-22(34-21-5-2-3-6-21)8-9-25(24)30-18-31-28/h7-18,21H,2-3,5-6H2,1H3,(H,30,31,32). The number of anilines is 2. The minimum Gasteiger partial charge on any atom is -0.490 e. The van der Waals surface area contributed by atoms with Crippen molar-refractivity contribution in [3.8, 4) is 11.5 Å². The lowest BCUT2D eigenvalue weighted by Crippen LogP contribution is -2.22. The van der Waals surface area contributed by atoms with Gasteiger partial charge in [-0.1, -0.05) is 5.73 Å². The Morgan fingerprint density at radius 1 is 1.09 bits per heavy atom. The maximum absolute atomic E-state index is 6.20. The first-order chi connectivity index (χ1) is 17.2. The van der Waals surface area contributed by atoms with Gasteiger partial charge in [0.05, 0.1) is 24.0 Å². The van der Waals surface area contributed by atoms with E-state index in [1.807, 2.05) is 72.8 Å². The fourth-order valence-corrected chi connectivity index (χ4v) is 4.49. The van der Waals surface area contributed by atoms with Crippen LogP contribution in [0.3, 0.4) is 0 Å². The second-order valence-electron chi connectivity index (χ2n) is 8.81. The summed E-state index contributed by atoms with van der Waals surface area (Å²) in [6, 6.07) is 12.0. The van der Waals surface area contributed by atoms with E-state index in [0.29, 0.717) is 6.10 Å². The van der Waals surface area contributed by atoms with Crippen molar-refractivity contribution in [3.05, 3.63) is 90.5 Å². The van der Waals surface area contributed by atoms with Crippen molar-refractivity contribution in [1.29, 1.82) is 0 Å². The third-order valence-electron chi connectivity index (χ3n) is 6.30. The van der Waals surface area contributed by atoms with Crippen LogP contribution in [-0.4, -0.2) is 26.8 Å². The Morgan fingerprint density at radius 3 is 2.89 bits per heavy atom. The molecule has 3 aromatic rings. The number of hydrogen-bond donors (Lipinski definition) is 1. The molecule has 1 aliphatic carbocycles. The number of aryl methyl sites for hydroxylation is 1. The number of aliphatic imine (C=N–C) groups is 1. The maximum atomic E-state index is 6.20. The molecule has 6 rings (SSSR count). The fourth-order valence-electron chi connectivity index (χ4n) is 4.49. The molecular formula is C28H25N5O2. The third-order valence-corrected chi connectivity index (χ3v) is 6.30. The van der Waals surface area contributed by atoms with Crippen LogP contribution in [0.2, 0.25) is 0 Å². The van der Waals surface area contributed by atoms with Crippen molar-refractivity contribution in [3.63, 3.8) is 0 Å². The number of aromatic nitrogens is 2. The summed E-state index contributed by atoms with van der Waals surface area (Å²) in [4.78, 5) is 15.1. The van der Waals surface area contributed by atoms with E-state index in [0.717, 1.165) is 63.9 Å². The topological polar surface area (TPSA) is 71.9 Å². The molecule has 0 spiro atoms. The molecule has 0 unspecified atom stereocenters. The van der Waals surface area contributed by atoms with Crippen LogP contribution >= 0.6 is 0 Å². The highest BCUT2D eigenvalue weighted by Gasteiger charge is 2.17. The van der Waals surface area contributed by atoms with Crippen LogP contribution in [0.25, 0.3) is 10.9 Å². The molecule has 1 saturated carbocycles. The molecule has 2 aromatic carbocycles. The smallest absolute Gasteiger partial charge is 0.141 e. The Hall–Kier alpha value is -4.35. The van der Waals surface area contributed by atoms with Crippen molar-refractivity contribution < 1.29 is 9.47 Å². The summed E-state index contributed by atoms with van der Waals surface area (Å²) in [5.41, 5.74) is 5.75. The molecule has 35 heavy (non-hydrogen) atoms. The SMILES string of the molecule is Cc1cc(Nc2ncnc3ccc(OC4CCCC4)cc23)ccc1OC1=CC2=NC=C=CN2C=C1. The van der Waals surface area contributed by atoms with E-state index in [9.17, 15) is 0 Å². The summed E-state index contributed by atoms with van der Waals surface area (Å²) in [6.07, 6.45) is 15.8. The number of ether oxygens (including phenoxy) is 2. The van der Waals surface area contributed by atoms with Gasteiger partial charge in [0.2, 0.25) is 0 Å². The molecule has 174 valence electrons.